The summed E-state index contributed by atoms with van der Waals surface area (Å²) in [4.78, 5) is 25.9. The molecule has 4 aromatic rings. The molecule has 0 saturated carbocycles. The van der Waals surface area contributed by atoms with Gasteiger partial charge in [0.2, 0.25) is 0 Å². The van der Waals surface area contributed by atoms with Crippen molar-refractivity contribution in [2.24, 2.45) is 7.05 Å². The molecular weight excluding hydrogens is 338 g/mol. The van der Waals surface area contributed by atoms with Crippen LogP contribution in [0.2, 0.25) is 0 Å². The molecule has 2 aromatic heterocycles. The molecule has 0 radical (unpaired) electrons. The first-order chi connectivity index (χ1) is 13.1. The van der Waals surface area contributed by atoms with Crippen LogP contribution in [0.4, 0.5) is 0 Å². The molecule has 0 saturated heterocycles. The van der Waals surface area contributed by atoms with Gasteiger partial charge >= 0.3 is 0 Å². The number of nitrogens with one attached hydrogen (secondary N) is 1. The zero-order valence-corrected chi connectivity index (χ0v) is 15.1. The summed E-state index contributed by atoms with van der Waals surface area (Å²) in [7, 11) is 1.96. The fraction of sp³-hybridized carbons (Fsp3) is 0.143. The summed E-state index contributed by atoms with van der Waals surface area (Å²) in [6, 6.07) is 19.0. The number of amides is 1. The third-order valence-corrected chi connectivity index (χ3v) is 4.50. The molecule has 0 aliphatic carbocycles. The lowest BCUT2D eigenvalue weighted by molar-refractivity contribution is 0.0935. The molecule has 0 spiro atoms. The van der Waals surface area contributed by atoms with Gasteiger partial charge in [0.05, 0.1) is 11.0 Å². The van der Waals surface area contributed by atoms with Gasteiger partial charge in [-0.3, -0.25) is 4.79 Å². The molecule has 0 aliphatic heterocycles. The molecule has 6 nitrogen and oxygen atoms in total. The van der Waals surface area contributed by atoms with Crippen molar-refractivity contribution in [3.8, 4) is 0 Å². The Morgan fingerprint density at radius 1 is 1.00 bits per heavy atom. The quantitative estimate of drug-likeness (QED) is 0.609. The summed E-state index contributed by atoms with van der Waals surface area (Å²) in [5.74, 6) is 1.06. The monoisotopic (exact) mass is 357 g/mol. The van der Waals surface area contributed by atoms with Crippen molar-refractivity contribution in [2.75, 3.05) is 0 Å². The molecule has 0 fully saturated rings. The van der Waals surface area contributed by atoms with Crippen molar-refractivity contribution in [1.29, 1.82) is 0 Å². The lowest BCUT2D eigenvalue weighted by Gasteiger charge is -2.19. The van der Waals surface area contributed by atoms with Crippen LogP contribution in [0.3, 0.4) is 0 Å². The highest BCUT2D eigenvalue weighted by atomic mass is 16.2. The van der Waals surface area contributed by atoms with Gasteiger partial charge in [-0.25, -0.2) is 15.0 Å². The fourth-order valence-corrected chi connectivity index (χ4v) is 3.15. The Kier molecular flexibility index (Phi) is 4.38. The van der Waals surface area contributed by atoms with Gasteiger partial charge in [0, 0.05) is 13.2 Å². The average Bonchev–Trinajstić information content (AvgIpc) is 3.03. The number of para-hydroxylation sites is 2. The Morgan fingerprint density at radius 2 is 1.74 bits per heavy atom. The number of aryl methyl sites for hydroxylation is 2. The molecule has 0 unspecified atom stereocenters. The zero-order chi connectivity index (χ0) is 18.8. The second kappa shape index (κ2) is 6.99. The van der Waals surface area contributed by atoms with Gasteiger partial charge in [0.1, 0.15) is 23.4 Å². The zero-order valence-electron chi connectivity index (χ0n) is 15.1. The second-order valence-corrected chi connectivity index (χ2v) is 6.32. The van der Waals surface area contributed by atoms with E-state index in [-0.39, 0.29) is 5.91 Å². The number of aromatic nitrogens is 4. The molecular formula is C21H19N5O. The number of imidazole rings is 1. The predicted octanol–water partition coefficient (Wildman–Crippen LogP) is 3.19. The van der Waals surface area contributed by atoms with E-state index in [0.29, 0.717) is 11.5 Å². The van der Waals surface area contributed by atoms with Crippen LogP contribution in [0.5, 0.6) is 0 Å². The fourth-order valence-electron chi connectivity index (χ4n) is 3.15. The van der Waals surface area contributed by atoms with Gasteiger partial charge < -0.3 is 9.88 Å². The van der Waals surface area contributed by atoms with E-state index < -0.39 is 6.04 Å². The summed E-state index contributed by atoms with van der Waals surface area (Å²) in [6.45, 7) is 1.76. The Morgan fingerprint density at radius 3 is 2.48 bits per heavy atom. The number of carbonyl (C=O) groups excluding carboxylic acids is 1. The average molecular weight is 357 g/mol. The molecule has 1 amide bonds. The molecule has 0 aliphatic rings. The van der Waals surface area contributed by atoms with Gasteiger partial charge in [-0.2, -0.15) is 0 Å². The van der Waals surface area contributed by atoms with Crippen molar-refractivity contribution < 1.29 is 4.79 Å². The first-order valence-corrected chi connectivity index (χ1v) is 8.70. The lowest BCUT2D eigenvalue weighted by Crippen LogP contribution is -2.31. The minimum Gasteiger partial charge on any atom is -0.337 e. The summed E-state index contributed by atoms with van der Waals surface area (Å²) in [5, 5.41) is 3.08. The van der Waals surface area contributed by atoms with E-state index in [1.165, 1.54) is 0 Å². The largest absolute Gasteiger partial charge is 0.337 e. The summed E-state index contributed by atoms with van der Waals surface area (Å²) in [6.07, 6.45) is 1.59. The van der Waals surface area contributed by atoms with Crippen molar-refractivity contribution >= 4 is 16.9 Å². The first-order valence-electron chi connectivity index (χ1n) is 8.70. The normalized spacial score (nSPS) is 12.1. The van der Waals surface area contributed by atoms with Gasteiger partial charge in [-0.1, -0.05) is 42.5 Å². The van der Waals surface area contributed by atoms with Gasteiger partial charge in [-0.15, -0.1) is 0 Å². The second-order valence-electron chi connectivity index (χ2n) is 6.32. The Hall–Kier alpha value is -3.54. The highest BCUT2D eigenvalue weighted by Crippen LogP contribution is 2.25. The minimum atomic E-state index is -0.397. The van der Waals surface area contributed by atoms with Crippen LogP contribution in [0.15, 0.2) is 66.9 Å². The third kappa shape index (κ3) is 3.29. The van der Waals surface area contributed by atoms with Crippen molar-refractivity contribution in [2.45, 2.75) is 13.0 Å². The maximum absolute atomic E-state index is 12.8. The van der Waals surface area contributed by atoms with Crippen LogP contribution in [0.25, 0.3) is 11.0 Å². The van der Waals surface area contributed by atoms with Crippen LogP contribution in [-0.2, 0) is 7.05 Å². The van der Waals surface area contributed by atoms with Crippen LogP contribution in [0.1, 0.15) is 33.7 Å². The van der Waals surface area contributed by atoms with Crippen LogP contribution in [0, 0.1) is 6.92 Å². The van der Waals surface area contributed by atoms with E-state index in [1.807, 2.05) is 66.2 Å². The molecule has 2 aromatic carbocycles. The minimum absolute atomic E-state index is 0.263. The number of fused-ring (bicyclic) bond motifs is 1. The number of hydrogen-bond donors (Lipinski definition) is 1. The van der Waals surface area contributed by atoms with Crippen molar-refractivity contribution in [3.05, 3.63) is 89.8 Å². The number of rotatable bonds is 4. The summed E-state index contributed by atoms with van der Waals surface area (Å²) < 4.78 is 2.01. The molecule has 27 heavy (non-hydrogen) atoms. The smallest absolute Gasteiger partial charge is 0.270 e. The standard InChI is InChI=1S/C21H19N5O/c1-14-22-13-12-17(23-14)21(27)25-19(15-8-4-3-5-9-15)20-24-16-10-6-7-11-18(16)26(20)2/h3-13,19H,1-2H3,(H,25,27)/t19-/m1/s1. The first kappa shape index (κ1) is 16.9. The number of benzene rings is 2. The number of nitrogens with zero attached hydrogens (tertiary/aromatic N) is 4. The molecule has 2 heterocycles. The number of hydrogen-bond acceptors (Lipinski definition) is 4. The van der Waals surface area contributed by atoms with Gasteiger partial charge in [0.25, 0.3) is 5.91 Å². The van der Waals surface area contributed by atoms with E-state index in [2.05, 4.69) is 15.3 Å². The third-order valence-electron chi connectivity index (χ3n) is 4.50. The SMILES string of the molecule is Cc1nccc(C(=O)N[C@H](c2ccccc2)c2nc3ccccc3n2C)n1. The van der Waals surface area contributed by atoms with Gasteiger partial charge in [-0.05, 0) is 30.7 Å². The van der Waals surface area contributed by atoms with Crippen LogP contribution in [-0.4, -0.2) is 25.4 Å². The maximum Gasteiger partial charge on any atom is 0.270 e. The molecule has 4 rings (SSSR count). The van der Waals surface area contributed by atoms with E-state index in [0.717, 1.165) is 22.4 Å². The van der Waals surface area contributed by atoms with E-state index in [1.54, 1.807) is 19.2 Å². The molecule has 0 bridgehead atoms. The van der Waals surface area contributed by atoms with Crippen molar-refractivity contribution in [1.82, 2.24) is 24.8 Å². The Labute approximate surface area is 156 Å². The molecule has 1 N–H and O–H groups in total. The maximum atomic E-state index is 12.8. The van der Waals surface area contributed by atoms with E-state index in [4.69, 9.17) is 4.98 Å². The van der Waals surface area contributed by atoms with E-state index >= 15 is 0 Å². The van der Waals surface area contributed by atoms with E-state index in [9.17, 15) is 4.79 Å². The predicted molar refractivity (Wildman–Crippen MR) is 103 cm³/mol. The molecule has 6 heteroatoms. The topological polar surface area (TPSA) is 72.7 Å². The lowest BCUT2D eigenvalue weighted by atomic mass is 10.1. The Bertz CT molecular complexity index is 1100. The Balaban J connectivity index is 1.78. The van der Waals surface area contributed by atoms with Crippen LogP contribution < -0.4 is 5.32 Å². The van der Waals surface area contributed by atoms with Crippen LogP contribution >= 0.6 is 0 Å². The summed E-state index contributed by atoms with van der Waals surface area (Å²) >= 11 is 0. The highest BCUT2D eigenvalue weighted by molar-refractivity contribution is 5.92. The number of carbonyl (C=O) groups is 1. The molecule has 1 atom stereocenters. The van der Waals surface area contributed by atoms with Gasteiger partial charge in [0.15, 0.2) is 0 Å². The highest BCUT2D eigenvalue weighted by Gasteiger charge is 2.23. The summed E-state index contributed by atoms with van der Waals surface area (Å²) in [5.41, 5.74) is 3.20. The molecule has 134 valence electrons. The van der Waals surface area contributed by atoms with Crippen molar-refractivity contribution in [3.63, 3.8) is 0 Å².